The molecule has 0 N–H and O–H groups in total. The molecule has 1 aromatic heterocycles. The maximum atomic E-state index is 13.9. The Labute approximate surface area is 233 Å². The molecule has 1 saturated heterocycles. The Bertz CT molecular complexity index is 1350. The lowest BCUT2D eigenvalue weighted by atomic mass is 10.0. The number of halogens is 1. The van der Waals surface area contributed by atoms with Gasteiger partial charge in [-0.1, -0.05) is 12.1 Å². The zero-order valence-corrected chi connectivity index (χ0v) is 22.8. The number of ether oxygens (including phenoxy) is 2. The van der Waals surface area contributed by atoms with Crippen LogP contribution in [0, 0.1) is 5.82 Å². The van der Waals surface area contributed by atoms with E-state index in [1.165, 1.54) is 17.1 Å². The summed E-state index contributed by atoms with van der Waals surface area (Å²) in [7, 11) is 3.50. The summed E-state index contributed by atoms with van der Waals surface area (Å²) in [5.41, 5.74) is 2.92. The minimum Gasteiger partial charge on any atom is -0.497 e. The van der Waals surface area contributed by atoms with Crippen molar-refractivity contribution in [2.45, 2.75) is 12.5 Å². The Balaban J connectivity index is 1.40. The Morgan fingerprint density at radius 2 is 1.80 bits per heavy atom. The first-order valence-electron chi connectivity index (χ1n) is 13.4. The quantitative estimate of drug-likeness (QED) is 0.411. The van der Waals surface area contributed by atoms with Gasteiger partial charge in [0.2, 0.25) is 0 Å². The topological polar surface area (TPSA) is 79.6 Å². The number of morpholine rings is 1. The van der Waals surface area contributed by atoms with Gasteiger partial charge in [0, 0.05) is 51.4 Å². The normalized spacial score (nSPS) is 17.5. The summed E-state index contributed by atoms with van der Waals surface area (Å²) in [6.07, 6.45) is 2.41. The van der Waals surface area contributed by atoms with Crippen LogP contribution in [0.1, 0.15) is 34.1 Å². The molecule has 0 bridgehead atoms. The van der Waals surface area contributed by atoms with Crippen LogP contribution in [0.2, 0.25) is 0 Å². The average Bonchev–Trinajstić information content (AvgIpc) is 3.62. The third kappa shape index (κ3) is 6.24. The number of hydrogen-bond acceptors (Lipinski definition) is 6. The Hall–Kier alpha value is -4.02. The highest BCUT2D eigenvalue weighted by Gasteiger charge is 2.35. The van der Waals surface area contributed by atoms with Crippen LogP contribution in [0.25, 0.3) is 0 Å². The molecule has 0 aliphatic carbocycles. The molecule has 0 unspecified atom stereocenters. The van der Waals surface area contributed by atoms with Gasteiger partial charge in [0.1, 0.15) is 18.1 Å². The van der Waals surface area contributed by atoms with E-state index in [2.05, 4.69) is 4.90 Å². The highest BCUT2D eigenvalue weighted by atomic mass is 19.1. The van der Waals surface area contributed by atoms with Gasteiger partial charge in [-0.3, -0.25) is 14.5 Å². The number of nitrogens with zero attached hydrogens (tertiary/aromatic N) is 5. The van der Waals surface area contributed by atoms with Crippen molar-refractivity contribution in [3.05, 3.63) is 89.5 Å². The number of aryl methyl sites for hydroxylation is 1. The minimum absolute atomic E-state index is 0.142. The first kappa shape index (κ1) is 27.5. The second-order valence-corrected chi connectivity index (χ2v) is 9.97. The molecule has 10 heteroatoms. The molecule has 0 saturated carbocycles. The van der Waals surface area contributed by atoms with Crippen LogP contribution in [0.15, 0.2) is 72.0 Å². The van der Waals surface area contributed by atoms with E-state index in [1.54, 1.807) is 48.4 Å². The average molecular weight is 548 g/mol. The van der Waals surface area contributed by atoms with E-state index in [1.807, 2.05) is 29.9 Å². The molecular weight excluding hydrogens is 513 g/mol. The van der Waals surface area contributed by atoms with Crippen LogP contribution in [0.3, 0.4) is 0 Å². The molecule has 2 amide bonds. The first-order valence-corrected chi connectivity index (χ1v) is 13.4. The third-order valence-corrected chi connectivity index (χ3v) is 7.40. The third-order valence-electron chi connectivity index (χ3n) is 7.40. The highest BCUT2D eigenvalue weighted by Crippen LogP contribution is 2.33. The smallest absolute Gasteiger partial charge is 0.262 e. The lowest BCUT2D eigenvalue weighted by Gasteiger charge is -2.31. The van der Waals surface area contributed by atoms with Gasteiger partial charge < -0.3 is 18.9 Å². The summed E-state index contributed by atoms with van der Waals surface area (Å²) in [6, 6.07) is 16.5. The van der Waals surface area contributed by atoms with Crippen molar-refractivity contribution in [2.24, 2.45) is 12.1 Å². The number of benzene rings is 2. The maximum absolute atomic E-state index is 13.9. The molecular formula is C30H34FN5O4. The van der Waals surface area contributed by atoms with Crippen LogP contribution in [0.4, 0.5) is 4.39 Å². The summed E-state index contributed by atoms with van der Waals surface area (Å²) < 4.78 is 26.4. The van der Waals surface area contributed by atoms with Gasteiger partial charge in [-0.2, -0.15) is 5.10 Å². The Kier molecular flexibility index (Phi) is 8.57. The summed E-state index contributed by atoms with van der Waals surface area (Å²) in [6.45, 7) is 3.71. The minimum atomic E-state index is -0.407. The van der Waals surface area contributed by atoms with Crippen molar-refractivity contribution in [3.63, 3.8) is 0 Å². The molecule has 2 aliphatic rings. The van der Waals surface area contributed by atoms with E-state index in [0.29, 0.717) is 44.0 Å². The van der Waals surface area contributed by atoms with Gasteiger partial charge in [0.15, 0.2) is 0 Å². The van der Waals surface area contributed by atoms with Crippen molar-refractivity contribution >= 4 is 17.5 Å². The molecule has 5 rings (SSSR count). The van der Waals surface area contributed by atoms with Crippen molar-refractivity contribution < 1.29 is 23.5 Å². The van der Waals surface area contributed by atoms with Gasteiger partial charge >= 0.3 is 0 Å². The van der Waals surface area contributed by atoms with E-state index in [4.69, 9.17) is 14.6 Å². The maximum Gasteiger partial charge on any atom is 0.262 e. The molecule has 9 nitrogen and oxygen atoms in total. The van der Waals surface area contributed by atoms with Gasteiger partial charge in [-0.25, -0.2) is 9.40 Å². The van der Waals surface area contributed by atoms with Crippen LogP contribution >= 0.6 is 0 Å². The number of methoxy groups -OCH3 is 1. The van der Waals surface area contributed by atoms with Crippen LogP contribution in [-0.4, -0.2) is 89.9 Å². The van der Waals surface area contributed by atoms with Crippen molar-refractivity contribution in [2.75, 3.05) is 53.0 Å². The molecule has 40 heavy (non-hydrogen) atoms. The fourth-order valence-electron chi connectivity index (χ4n) is 5.09. The summed E-state index contributed by atoms with van der Waals surface area (Å²) in [4.78, 5) is 31.3. The zero-order valence-electron chi connectivity index (χ0n) is 22.8. The number of hydrogen-bond donors (Lipinski definition) is 0. The van der Waals surface area contributed by atoms with Crippen LogP contribution in [-0.2, 0) is 16.6 Å². The highest BCUT2D eigenvalue weighted by molar-refractivity contribution is 6.02. The molecule has 0 radical (unpaired) electrons. The monoisotopic (exact) mass is 547 g/mol. The summed E-state index contributed by atoms with van der Waals surface area (Å²) in [5, 5.41) is 6.19. The Morgan fingerprint density at radius 1 is 1.07 bits per heavy atom. The SMILES string of the molecule is COc1ccc(C(=O)N(CCN2CCOCC2)CC(=O)N2N=C(c3cccn3C)C[C@@H]2c2ccc(F)cc2)cc1. The number of carbonyl (C=O) groups is 2. The molecule has 0 spiro atoms. The largest absolute Gasteiger partial charge is 0.497 e. The number of carbonyl (C=O) groups excluding carboxylic acids is 2. The van der Waals surface area contributed by atoms with Gasteiger partial charge in [-0.05, 0) is 54.1 Å². The van der Waals surface area contributed by atoms with Crippen molar-refractivity contribution in [1.29, 1.82) is 0 Å². The van der Waals surface area contributed by atoms with E-state index < -0.39 is 6.04 Å². The predicted molar refractivity (Wildman–Crippen MR) is 149 cm³/mol. The van der Waals surface area contributed by atoms with Crippen molar-refractivity contribution in [3.8, 4) is 5.75 Å². The number of hydrazone groups is 1. The van der Waals surface area contributed by atoms with E-state index in [9.17, 15) is 14.0 Å². The van der Waals surface area contributed by atoms with E-state index >= 15 is 0 Å². The fourth-order valence-corrected chi connectivity index (χ4v) is 5.09. The number of aromatic nitrogens is 1. The molecule has 3 aromatic rings. The number of amides is 2. The van der Waals surface area contributed by atoms with Crippen molar-refractivity contribution in [1.82, 2.24) is 19.4 Å². The molecule has 3 heterocycles. The second-order valence-electron chi connectivity index (χ2n) is 9.97. The summed E-state index contributed by atoms with van der Waals surface area (Å²) in [5.74, 6) is -0.243. The second kappa shape index (κ2) is 12.4. The molecule has 1 atom stereocenters. The first-order chi connectivity index (χ1) is 19.4. The molecule has 2 aromatic carbocycles. The zero-order chi connectivity index (χ0) is 28.1. The molecule has 2 aliphatic heterocycles. The van der Waals surface area contributed by atoms with Crippen LogP contribution in [0.5, 0.6) is 5.75 Å². The lowest BCUT2D eigenvalue weighted by molar-refractivity contribution is -0.133. The molecule has 1 fully saturated rings. The van der Waals surface area contributed by atoms with Gasteiger partial charge in [-0.15, -0.1) is 0 Å². The van der Waals surface area contributed by atoms with Gasteiger partial charge in [0.25, 0.3) is 11.8 Å². The van der Waals surface area contributed by atoms with E-state index in [-0.39, 0.29) is 24.2 Å². The molecule has 210 valence electrons. The predicted octanol–water partition coefficient (Wildman–Crippen LogP) is 3.33. The fraction of sp³-hybridized carbons (Fsp3) is 0.367. The van der Waals surface area contributed by atoms with Crippen LogP contribution < -0.4 is 4.74 Å². The number of rotatable bonds is 9. The van der Waals surface area contributed by atoms with E-state index in [0.717, 1.165) is 30.1 Å². The Morgan fingerprint density at radius 3 is 2.45 bits per heavy atom. The summed E-state index contributed by atoms with van der Waals surface area (Å²) >= 11 is 0. The van der Waals surface area contributed by atoms with Gasteiger partial charge in [0.05, 0.1) is 37.8 Å². The lowest BCUT2D eigenvalue weighted by Crippen LogP contribution is -2.46. The standard InChI is InChI=1S/C30H34FN5O4/c1-33-13-3-4-27(33)26-20-28(22-5-9-24(31)10-6-22)36(32-26)29(37)21-35(15-14-34-16-18-40-19-17-34)30(38)23-7-11-25(39-2)12-8-23/h3-13,28H,14-21H2,1-2H3/t28-/m1/s1.